The summed E-state index contributed by atoms with van der Waals surface area (Å²) in [5, 5.41) is 15.1. The second-order valence-electron chi connectivity index (χ2n) is 7.36. The molecular formula is C21H21F3N6O2. The molecule has 168 valence electrons. The number of carbonyl (C=O) groups excluding carboxylic acids is 1. The topological polar surface area (TPSA) is 85.2 Å². The Labute approximate surface area is 182 Å². The Morgan fingerprint density at radius 2 is 1.84 bits per heavy atom. The molecule has 1 aliphatic rings. The van der Waals surface area contributed by atoms with E-state index in [4.69, 9.17) is 4.74 Å². The average molecular weight is 446 g/mol. The normalized spacial score (nSPS) is 14.9. The minimum absolute atomic E-state index is 0.00910. The number of ether oxygens (including phenoxy) is 1. The van der Waals surface area contributed by atoms with E-state index in [1.54, 1.807) is 23.1 Å². The van der Waals surface area contributed by atoms with E-state index in [1.807, 2.05) is 17.0 Å². The van der Waals surface area contributed by atoms with Crippen LogP contribution in [0.2, 0.25) is 0 Å². The first-order chi connectivity index (χ1) is 15.3. The summed E-state index contributed by atoms with van der Waals surface area (Å²) < 4.78 is 45.8. The number of benzene rings is 1. The lowest BCUT2D eigenvalue weighted by Gasteiger charge is -2.32. The number of methoxy groups -OCH3 is 1. The maximum atomic E-state index is 13.0. The molecule has 1 saturated heterocycles. The standard InChI is InChI=1S/C21H21F3N6O2/c1-32-17-4-3-15(21(22,23)24)13-16(17)26-20(31)14-7-11-29(12-8-14)18-5-6-19(28-27-18)30-10-2-9-25-30/h2-6,9-10,13-14H,7-8,11-12H2,1H3,(H,26,31). The van der Waals surface area contributed by atoms with Crippen molar-refractivity contribution in [3.8, 4) is 11.6 Å². The number of anilines is 2. The fourth-order valence-corrected chi connectivity index (χ4v) is 3.60. The minimum atomic E-state index is -4.51. The zero-order chi connectivity index (χ0) is 22.7. The van der Waals surface area contributed by atoms with Gasteiger partial charge in [-0.1, -0.05) is 0 Å². The number of hydrogen-bond acceptors (Lipinski definition) is 6. The van der Waals surface area contributed by atoms with Gasteiger partial charge in [0.1, 0.15) is 5.75 Å². The highest BCUT2D eigenvalue weighted by atomic mass is 19.4. The molecule has 0 unspecified atom stereocenters. The molecule has 0 radical (unpaired) electrons. The maximum absolute atomic E-state index is 13.0. The number of hydrogen-bond donors (Lipinski definition) is 1. The van der Waals surface area contributed by atoms with Crippen LogP contribution < -0.4 is 15.0 Å². The predicted molar refractivity (Wildman–Crippen MR) is 111 cm³/mol. The number of nitrogens with one attached hydrogen (secondary N) is 1. The molecule has 8 nitrogen and oxygen atoms in total. The Bertz CT molecular complexity index is 1060. The Kier molecular flexibility index (Phi) is 5.97. The van der Waals surface area contributed by atoms with Crippen molar-refractivity contribution >= 4 is 17.4 Å². The van der Waals surface area contributed by atoms with Crippen LogP contribution in [0.1, 0.15) is 18.4 Å². The van der Waals surface area contributed by atoms with E-state index in [1.165, 1.54) is 13.2 Å². The molecular weight excluding hydrogens is 425 g/mol. The summed E-state index contributed by atoms with van der Waals surface area (Å²) >= 11 is 0. The van der Waals surface area contributed by atoms with E-state index < -0.39 is 11.7 Å². The first-order valence-corrected chi connectivity index (χ1v) is 10.00. The Hall–Kier alpha value is -3.63. The average Bonchev–Trinajstić information content (AvgIpc) is 3.34. The van der Waals surface area contributed by atoms with Crippen LogP contribution in [0.4, 0.5) is 24.7 Å². The molecule has 1 aromatic carbocycles. The van der Waals surface area contributed by atoms with Gasteiger partial charge in [0.05, 0.1) is 18.4 Å². The van der Waals surface area contributed by atoms with Gasteiger partial charge in [0, 0.05) is 31.4 Å². The molecule has 1 N–H and O–H groups in total. The summed E-state index contributed by atoms with van der Waals surface area (Å²) in [6.45, 7) is 1.15. The van der Waals surface area contributed by atoms with Gasteiger partial charge in [-0.05, 0) is 49.2 Å². The van der Waals surface area contributed by atoms with Gasteiger partial charge in [0.25, 0.3) is 0 Å². The molecule has 1 fully saturated rings. The highest BCUT2D eigenvalue weighted by Gasteiger charge is 2.32. The second-order valence-corrected chi connectivity index (χ2v) is 7.36. The van der Waals surface area contributed by atoms with Crippen LogP contribution in [0.25, 0.3) is 5.82 Å². The van der Waals surface area contributed by atoms with E-state index in [0.717, 1.165) is 12.1 Å². The number of nitrogens with zero attached hydrogens (tertiary/aromatic N) is 5. The zero-order valence-corrected chi connectivity index (χ0v) is 17.2. The van der Waals surface area contributed by atoms with Gasteiger partial charge in [-0.3, -0.25) is 4.79 Å². The van der Waals surface area contributed by atoms with Gasteiger partial charge >= 0.3 is 6.18 Å². The number of rotatable bonds is 5. The first-order valence-electron chi connectivity index (χ1n) is 10.00. The zero-order valence-electron chi connectivity index (χ0n) is 17.2. The Morgan fingerprint density at radius 3 is 2.44 bits per heavy atom. The lowest BCUT2D eigenvalue weighted by molar-refractivity contribution is -0.137. The van der Waals surface area contributed by atoms with E-state index in [0.29, 0.717) is 37.6 Å². The third-order valence-electron chi connectivity index (χ3n) is 5.35. The van der Waals surface area contributed by atoms with Gasteiger partial charge in [0.2, 0.25) is 5.91 Å². The molecule has 0 aliphatic carbocycles. The highest BCUT2D eigenvalue weighted by molar-refractivity contribution is 5.94. The molecule has 0 saturated carbocycles. The second kappa shape index (κ2) is 8.85. The predicted octanol–water partition coefficient (Wildman–Crippen LogP) is 3.54. The molecule has 32 heavy (non-hydrogen) atoms. The molecule has 3 heterocycles. The summed E-state index contributed by atoms with van der Waals surface area (Å²) in [5.74, 6) is 0.808. The van der Waals surface area contributed by atoms with Crippen molar-refractivity contribution in [1.82, 2.24) is 20.0 Å². The van der Waals surface area contributed by atoms with Crippen molar-refractivity contribution in [2.24, 2.45) is 5.92 Å². The van der Waals surface area contributed by atoms with Crippen molar-refractivity contribution in [1.29, 1.82) is 0 Å². The van der Waals surface area contributed by atoms with Crippen LogP contribution in [-0.4, -0.2) is 46.1 Å². The number of piperidine rings is 1. The molecule has 1 aliphatic heterocycles. The minimum Gasteiger partial charge on any atom is -0.495 e. The van der Waals surface area contributed by atoms with E-state index in [-0.39, 0.29) is 23.3 Å². The third kappa shape index (κ3) is 4.66. The van der Waals surface area contributed by atoms with E-state index >= 15 is 0 Å². The lowest BCUT2D eigenvalue weighted by atomic mass is 9.95. The summed E-state index contributed by atoms with van der Waals surface area (Å²) in [4.78, 5) is 14.7. The number of aromatic nitrogens is 4. The highest BCUT2D eigenvalue weighted by Crippen LogP contribution is 2.35. The monoisotopic (exact) mass is 446 g/mol. The summed E-state index contributed by atoms with van der Waals surface area (Å²) in [5.41, 5.74) is -0.838. The van der Waals surface area contributed by atoms with Gasteiger partial charge in [0.15, 0.2) is 11.6 Å². The van der Waals surface area contributed by atoms with Crippen LogP contribution in [0.5, 0.6) is 5.75 Å². The maximum Gasteiger partial charge on any atom is 0.416 e. The van der Waals surface area contributed by atoms with Crippen LogP contribution in [-0.2, 0) is 11.0 Å². The van der Waals surface area contributed by atoms with Crippen molar-refractivity contribution in [2.75, 3.05) is 30.4 Å². The fourth-order valence-electron chi connectivity index (χ4n) is 3.60. The van der Waals surface area contributed by atoms with Crippen LogP contribution in [0.3, 0.4) is 0 Å². The molecule has 0 atom stereocenters. The van der Waals surface area contributed by atoms with Gasteiger partial charge in [-0.25, -0.2) is 4.68 Å². The van der Waals surface area contributed by atoms with Gasteiger partial charge in [-0.15, -0.1) is 10.2 Å². The number of halogens is 3. The SMILES string of the molecule is COc1ccc(C(F)(F)F)cc1NC(=O)C1CCN(c2ccc(-n3cccn3)nn2)CC1. The molecule has 11 heteroatoms. The molecule has 3 aromatic rings. The van der Waals surface area contributed by atoms with Gasteiger partial charge in [-0.2, -0.15) is 18.3 Å². The van der Waals surface area contributed by atoms with Crippen molar-refractivity contribution in [3.05, 3.63) is 54.4 Å². The Balaban J connectivity index is 1.38. The molecule has 2 aromatic heterocycles. The molecule has 0 spiro atoms. The van der Waals surface area contributed by atoms with E-state index in [2.05, 4.69) is 20.6 Å². The molecule has 1 amide bonds. The summed E-state index contributed by atoms with van der Waals surface area (Å²) in [6, 6.07) is 8.47. The quantitative estimate of drug-likeness (QED) is 0.645. The summed E-state index contributed by atoms with van der Waals surface area (Å²) in [7, 11) is 1.34. The fraction of sp³-hybridized carbons (Fsp3) is 0.333. The first kappa shape index (κ1) is 21.6. The van der Waals surface area contributed by atoms with E-state index in [9.17, 15) is 18.0 Å². The summed E-state index contributed by atoms with van der Waals surface area (Å²) in [6.07, 6.45) is -0.00988. The lowest BCUT2D eigenvalue weighted by Crippen LogP contribution is -2.38. The van der Waals surface area contributed by atoms with Crippen molar-refractivity contribution in [2.45, 2.75) is 19.0 Å². The van der Waals surface area contributed by atoms with Crippen LogP contribution in [0.15, 0.2) is 48.8 Å². The third-order valence-corrected chi connectivity index (χ3v) is 5.35. The van der Waals surface area contributed by atoms with Crippen LogP contribution in [0, 0.1) is 5.92 Å². The van der Waals surface area contributed by atoms with Gasteiger partial charge < -0.3 is 15.0 Å². The number of alkyl halides is 3. The molecule has 0 bridgehead atoms. The van der Waals surface area contributed by atoms with Crippen molar-refractivity contribution < 1.29 is 22.7 Å². The molecule has 4 rings (SSSR count). The largest absolute Gasteiger partial charge is 0.495 e. The number of amides is 1. The number of carbonyl (C=O) groups is 1. The van der Waals surface area contributed by atoms with Crippen molar-refractivity contribution in [3.63, 3.8) is 0 Å². The smallest absolute Gasteiger partial charge is 0.416 e. The van der Waals surface area contributed by atoms with Crippen LogP contribution >= 0.6 is 0 Å². The Morgan fingerprint density at radius 1 is 1.12 bits per heavy atom.